The minimum atomic E-state index is -0.429. The van der Waals surface area contributed by atoms with E-state index in [9.17, 15) is 9.18 Å². The molecular formula is C13H16ClFN2O. The number of primary amides is 1. The molecule has 0 radical (unpaired) electrons. The van der Waals surface area contributed by atoms with Crippen molar-refractivity contribution < 1.29 is 9.18 Å². The molecule has 2 rings (SSSR count). The number of halogens is 2. The molecule has 1 amide bonds. The van der Waals surface area contributed by atoms with Crippen LogP contribution in [0.15, 0.2) is 18.2 Å². The highest BCUT2D eigenvalue weighted by molar-refractivity contribution is 6.30. The molecule has 1 fully saturated rings. The largest absolute Gasteiger partial charge is 0.368 e. The lowest BCUT2D eigenvalue weighted by molar-refractivity contribution is -0.124. The molecule has 0 bridgehead atoms. The Balaban J connectivity index is 2.10. The summed E-state index contributed by atoms with van der Waals surface area (Å²) < 4.78 is 13.3. The van der Waals surface area contributed by atoms with Gasteiger partial charge in [-0.2, -0.15) is 0 Å². The zero-order chi connectivity index (χ0) is 13.1. The SMILES string of the molecule is NC(=O)[C@H]1CCCCN1Cc1ccc(Cl)c(F)c1. The third-order valence-electron chi connectivity index (χ3n) is 3.31. The lowest BCUT2D eigenvalue weighted by Crippen LogP contribution is -2.47. The fourth-order valence-corrected chi connectivity index (χ4v) is 2.49. The van der Waals surface area contributed by atoms with Crippen molar-refractivity contribution in [3.8, 4) is 0 Å². The first-order valence-corrected chi connectivity index (χ1v) is 6.43. The number of nitrogens with two attached hydrogens (primary N) is 1. The van der Waals surface area contributed by atoms with E-state index in [-0.39, 0.29) is 17.0 Å². The van der Waals surface area contributed by atoms with Crippen molar-refractivity contribution in [1.29, 1.82) is 0 Å². The Morgan fingerprint density at radius 3 is 2.94 bits per heavy atom. The zero-order valence-electron chi connectivity index (χ0n) is 10.0. The molecule has 0 aliphatic carbocycles. The number of hydrogen-bond acceptors (Lipinski definition) is 2. The maximum atomic E-state index is 13.3. The van der Waals surface area contributed by atoms with Gasteiger partial charge in [-0.25, -0.2) is 4.39 Å². The highest BCUT2D eigenvalue weighted by atomic mass is 35.5. The van der Waals surface area contributed by atoms with E-state index in [0.29, 0.717) is 6.54 Å². The van der Waals surface area contributed by atoms with Gasteiger partial charge < -0.3 is 5.73 Å². The Morgan fingerprint density at radius 2 is 2.28 bits per heavy atom. The van der Waals surface area contributed by atoms with Gasteiger partial charge in [-0.15, -0.1) is 0 Å². The van der Waals surface area contributed by atoms with Gasteiger partial charge in [0.1, 0.15) is 5.82 Å². The Kier molecular flexibility index (Phi) is 4.19. The van der Waals surface area contributed by atoms with Crippen molar-refractivity contribution in [2.24, 2.45) is 5.73 Å². The maximum Gasteiger partial charge on any atom is 0.234 e. The van der Waals surface area contributed by atoms with E-state index in [2.05, 4.69) is 0 Å². The number of carbonyl (C=O) groups excluding carboxylic acids is 1. The topological polar surface area (TPSA) is 46.3 Å². The average Bonchev–Trinajstić information content (AvgIpc) is 2.34. The van der Waals surface area contributed by atoms with Gasteiger partial charge in [0, 0.05) is 6.54 Å². The summed E-state index contributed by atoms with van der Waals surface area (Å²) in [6.45, 7) is 1.35. The van der Waals surface area contributed by atoms with Crippen LogP contribution >= 0.6 is 11.6 Å². The van der Waals surface area contributed by atoms with Crippen molar-refractivity contribution in [3.05, 3.63) is 34.6 Å². The number of piperidine rings is 1. The maximum absolute atomic E-state index is 13.3. The summed E-state index contributed by atoms with van der Waals surface area (Å²) >= 11 is 5.64. The summed E-state index contributed by atoms with van der Waals surface area (Å²) in [5.74, 6) is -0.731. The van der Waals surface area contributed by atoms with Crippen LogP contribution in [0, 0.1) is 5.82 Å². The molecule has 1 saturated heterocycles. The quantitative estimate of drug-likeness (QED) is 0.916. The highest BCUT2D eigenvalue weighted by Crippen LogP contribution is 2.21. The van der Waals surface area contributed by atoms with Crippen LogP contribution in [0.3, 0.4) is 0 Å². The van der Waals surface area contributed by atoms with Crippen molar-refractivity contribution in [1.82, 2.24) is 4.90 Å². The molecule has 18 heavy (non-hydrogen) atoms. The summed E-state index contributed by atoms with van der Waals surface area (Å²) in [5, 5.41) is 0.115. The van der Waals surface area contributed by atoms with Gasteiger partial charge in [-0.1, -0.05) is 24.1 Å². The highest BCUT2D eigenvalue weighted by Gasteiger charge is 2.26. The van der Waals surface area contributed by atoms with Crippen molar-refractivity contribution >= 4 is 17.5 Å². The smallest absolute Gasteiger partial charge is 0.234 e. The fourth-order valence-electron chi connectivity index (χ4n) is 2.37. The van der Waals surface area contributed by atoms with E-state index >= 15 is 0 Å². The van der Waals surface area contributed by atoms with Crippen LogP contribution < -0.4 is 5.73 Å². The van der Waals surface area contributed by atoms with Crippen LogP contribution in [-0.4, -0.2) is 23.4 Å². The summed E-state index contributed by atoms with van der Waals surface area (Å²) in [5.41, 5.74) is 6.20. The molecule has 0 spiro atoms. The second-order valence-electron chi connectivity index (χ2n) is 4.63. The number of rotatable bonds is 3. The molecule has 1 aromatic rings. The third-order valence-corrected chi connectivity index (χ3v) is 3.62. The van der Waals surface area contributed by atoms with Crippen LogP contribution in [0.2, 0.25) is 5.02 Å². The second-order valence-corrected chi connectivity index (χ2v) is 5.04. The molecule has 1 atom stereocenters. The monoisotopic (exact) mass is 270 g/mol. The van der Waals surface area contributed by atoms with Crippen LogP contribution in [0.1, 0.15) is 24.8 Å². The summed E-state index contributed by atoms with van der Waals surface area (Å²) in [6, 6.07) is 4.49. The fraction of sp³-hybridized carbons (Fsp3) is 0.462. The van der Waals surface area contributed by atoms with Crippen molar-refractivity contribution in [2.75, 3.05) is 6.54 Å². The second kappa shape index (κ2) is 5.67. The number of carbonyl (C=O) groups is 1. The van der Waals surface area contributed by atoms with Crippen molar-refractivity contribution in [3.63, 3.8) is 0 Å². The molecular weight excluding hydrogens is 255 g/mol. The standard InChI is InChI=1S/C13H16ClFN2O/c14-10-5-4-9(7-11(10)15)8-17-6-2-1-3-12(17)13(16)18/h4-5,7,12H,1-3,6,8H2,(H2,16,18)/t12-/m1/s1. The van der Waals surface area contributed by atoms with Gasteiger partial charge in [0.25, 0.3) is 0 Å². The lowest BCUT2D eigenvalue weighted by Gasteiger charge is -2.33. The number of benzene rings is 1. The lowest BCUT2D eigenvalue weighted by atomic mass is 10.0. The normalized spacial score (nSPS) is 20.9. The molecule has 0 saturated carbocycles. The first-order chi connectivity index (χ1) is 8.58. The average molecular weight is 271 g/mol. The van der Waals surface area contributed by atoms with E-state index in [1.54, 1.807) is 6.07 Å². The van der Waals surface area contributed by atoms with Gasteiger partial charge in [-0.3, -0.25) is 9.69 Å². The predicted octanol–water partition coefficient (Wildman–Crippen LogP) is 2.32. The molecule has 0 aromatic heterocycles. The zero-order valence-corrected chi connectivity index (χ0v) is 10.8. The first-order valence-electron chi connectivity index (χ1n) is 6.05. The van der Waals surface area contributed by atoms with E-state index in [4.69, 9.17) is 17.3 Å². The van der Waals surface area contributed by atoms with Gasteiger partial charge >= 0.3 is 0 Å². The van der Waals surface area contributed by atoms with Gasteiger partial charge in [0.2, 0.25) is 5.91 Å². The Bertz CT molecular complexity index is 453. The summed E-state index contributed by atoms with van der Waals surface area (Å²) in [7, 11) is 0. The Hall–Kier alpha value is -1.13. The van der Waals surface area contributed by atoms with Crippen LogP contribution in [0.5, 0.6) is 0 Å². The Morgan fingerprint density at radius 1 is 1.50 bits per heavy atom. The first kappa shape index (κ1) is 13.3. The number of nitrogens with zero attached hydrogens (tertiary/aromatic N) is 1. The number of likely N-dealkylation sites (tertiary alicyclic amines) is 1. The van der Waals surface area contributed by atoms with Crippen molar-refractivity contribution in [2.45, 2.75) is 31.8 Å². The molecule has 1 aromatic carbocycles. The minimum absolute atomic E-state index is 0.115. The summed E-state index contributed by atoms with van der Waals surface area (Å²) in [4.78, 5) is 13.4. The van der Waals surface area contributed by atoms with Gasteiger partial charge in [0.15, 0.2) is 0 Å². The molecule has 1 aliphatic rings. The molecule has 3 nitrogen and oxygen atoms in total. The van der Waals surface area contributed by atoms with Crippen LogP contribution in [-0.2, 0) is 11.3 Å². The van der Waals surface area contributed by atoms with E-state index < -0.39 is 5.82 Å². The van der Waals surface area contributed by atoms with Crippen LogP contribution in [0.4, 0.5) is 4.39 Å². The van der Waals surface area contributed by atoms with E-state index in [1.807, 2.05) is 4.90 Å². The predicted molar refractivity (Wildman–Crippen MR) is 68.7 cm³/mol. The molecule has 2 N–H and O–H groups in total. The molecule has 0 unspecified atom stereocenters. The molecule has 1 aliphatic heterocycles. The van der Waals surface area contributed by atoms with Gasteiger partial charge in [0.05, 0.1) is 11.1 Å². The van der Waals surface area contributed by atoms with E-state index in [0.717, 1.165) is 31.4 Å². The molecule has 1 heterocycles. The minimum Gasteiger partial charge on any atom is -0.368 e. The third kappa shape index (κ3) is 3.00. The Labute approximate surface area is 111 Å². The summed E-state index contributed by atoms with van der Waals surface area (Å²) in [6.07, 6.45) is 2.84. The number of amides is 1. The molecule has 98 valence electrons. The van der Waals surface area contributed by atoms with E-state index in [1.165, 1.54) is 12.1 Å². The van der Waals surface area contributed by atoms with Crippen LogP contribution in [0.25, 0.3) is 0 Å². The number of hydrogen-bond donors (Lipinski definition) is 1. The van der Waals surface area contributed by atoms with Gasteiger partial charge in [-0.05, 0) is 37.1 Å². The molecule has 5 heteroatoms.